The summed E-state index contributed by atoms with van der Waals surface area (Å²) in [5, 5.41) is 7.43. The van der Waals surface area contributed by atoms with Gasteiger partial charge in [0.2, 0.25) is 11.8 Å². The van der Waals surface area contributed by atoms with Crippen molar-refractivity contribution < 1.29 is 28.5 Å². The molecular formula is C28H28N4O6. The summed E-state index contributed by atoms with van der Waals surface area (Å²) in [5.74, 6) is 1.05. The van der Waals surface area contributed by atoms with Crippen LogP contribution >= 0.6 is 0 Å². The topological polar surface area (TPSA) is 121 Å². The smallest absolute Gasteiger partial charge is 0.412 e. The zero-order chi connectivity index (χ0) is 27.3. The highest BCUT2D eigenvalue weighted by atomic mass is 16.6. The number of carbonyl (C=O) groups is 2. The molecule has 0 aliphatic heterocycles. The van der Waals surface area contributed by atoms with E-state index < -0.39 is 17.7 Å². The summed E-state index contributed by atoms with van der Waals surface area (Å²) < 4.78 is 21.6. The standard InChI is InChI=1S/C28H28N4O6/c1-28(2,3)38-27(34)31-20-12-13-22(19-9-7-6-8-18(19)20)37-24-14-15-29-26(32-24)30-21-11-10-17(25(33)36-5)16-23(21)35-4/h6-16H,1-5H3,(H,31,34)(H,29,30,32). The van der Waals surface area contributed by atoms with Crippen LogP contribution in [0, 0.1) is 0 Å². The number of hydrogen-bond donors (Lipinski definition) is 2. The number of fused-ring (bicyclic) bond motifs is 1. The van der Waals surface area contributed by atoms with Crippen LogP contribution in [0.3, 0.4) is 0 Å². The number of hydrogen-bond acceptors (Lipinski definition) is 9. The van der Waals surface area contributed by atoms with Crippen molar-refractivity contribution in [2.45, 2.75) is 26.4 Å². The molecule has 0 saturated heterocycles. The normalized spacial score (nSPS) is 11.0. The van der Waals surface area contributed by atoms with Gasteiger partial charge in [0.15, 0.2) is 0 Å². The van der Waals surface area contributed by atoms with Crippen LogP contribution < -0.4 is 20.1 Å². The van der Waals surface area contributed by atoms with Crippen LogP contribution in [0.1, 0.15) is 31.1 Å². The summed E-state index contributed by atoms with van der Waals surface area (Å²) in [6, 6.07) is 17.5. The molecule has 0 aliphatic rings. The minimum absolute atomic E-state index is 0.263. The molecule has 4 aromatic rings. The zero-order valence-corrected chi connectivity index (χ0v) is 21.7. The van der Waals surface area contributed by atoms with Gasteiger partial charge in [-0.2, -0.15) is 4.98 Å². The van der Waals surface area contributed by atoms with Gasteiger partial charge in [0.1, 0.15) is 17.1 Å². The van der Waals surface area contributed by atoms with Gasteiger partial charge in [-0.3, -0.25) is 5.32 Å². The zero-order valence-electron chi connectivity index (χ0n) is 21.7. The fourth-order valence-electron chi connectivity index (χ4n) is 3.61. The number of esters is 1. The Labute approximate surface area is 219 Å². The first-order valence-electron chi connectivity index (χ1n) is 11.7. The maximum atomic E-state index is 12.3. The molecule has 0 atom stereocenters. The van der Waals surface area contributed by atoms with Crippen molar-refractivity contribution in [3.05, 3.63) is 72.4 Å². The number of rotatable bonds is 7. The lowest BCUT2D eigenvalue weighted by Gasteiger charge is -2.20. The molecule has 1 aromatic heterocycles. The van der Waals surface area contributed by atoms with Gasteiger partial charge in [0, 0.05) is 23.0 Å². The largest absolute Gasteiger partial charge is 0.495 e. The first-order chi connectivity index (χ1) is 18.2. The van der Waals surface area contributed by atoms with Crippen LogP contribution in [-0.4, -0.2) is 41.9 Å². The fraction of sp³-hybridized carbons (Fsp3) is 0.214. The van der Waals surface area contributed by atoms with Gasteiger partial charge in [-0.05, 0) is 51.1 Å². The highest BCUT2D eigenvalue weighted by Crippen LogP contribution is 2.35. The van der Waals surface area contributed by atoms with Gasteiger partial charge < -0.3 is 24.3 Å². The summed E-state index contributed by atoms with van der Waals surface area (Å²) in [6.07, 6.45) is 1.01. The van der Waals surface area contributed by atoms with Crippen molar-refractivity contribution in [2.24, 2.45) is 0 Å². The third-order valence-electron chi connectivity index (χ3n) is 5.23. The summed E-state index contributed by atoms with van der Waals surface area (Å²) in [5.41, 5.74) is 0.884. The molecule has 1 heterocycles. The Morgan fingerprint density at radius 3 is 2.32 bits per heavy atom. The van der Waals surface area contributed by atoms with Crippen molar-refractivity contribution >= 4 is 40.2 Å². The fourth-order valence-corrected chi connectivity index (χ4v) is 3.61. The minimum Gasteiger partial charge on any atom is -0.495 e. The van der Waals surface area contributed by atoms with Crippen molar-refractivity contribution in [3.8, 4) is 17.4 Å². The van der Waals surface area contributed by atoms with E-state index in [0.717, 1.165) is 10.8 Å². The second kappa shape index (κ2) is 11.0. The van der Waals surface area contributed by atoms with Crippen molar-refractivity contribution in [3.63, 3.8) is 0 Å². The van der Waals surface area contributed by atoms with E-state index in [0.29, 0.717) is 34.3 Å². The molecule has 1 amide bonds. The quantitative estimate of drug-likeness (QED) is 0.272. The summed E-state index contributed by atoms with van der Waals surface area (Å²) in [6.45, 7) is 5.42. The second-order valence-corrected chi connectivity index (χ2v) is 9.14. The third kappa shape index (κ3) is 6.28. The van der Waals surface area contributed by atoms with Crippen LogP contribution in [0.2, 0.25) is 0 Å². The molecule has 0 aliphatic carbocycles. The van der Waals surface area contributed by atoms with Crippen LogP contribution in [0.4, 0.5) is 22.1 Å². The van der Waals surface area contributed by atoms with E-state index in [2.05, 4.69) is 20.6 Å². The Kier molecular flexibility index (Phi) is 7.61. The maximum absolute atomic E-state index is 12.3. The predicted molar refractivity (Wildman–Crippen MR) is 144 cm³/mol. The van der Waals surface area contributed by atoms with Gasteiger partial charge in [-0.15, -0.1) is 0 Å². The number of amides is 1. The van der Waals surface area contributed by atoms with E-state index in [1.54, 1.807) is 63.4 Å². The number of nitrogens with zero attached hydrogens (tertiary/aromatic N) is 2. The minimum atomic E-state index is -0.616. The Balaban J connectivity index is 1.57. The lowest BCUT2D eigenvalue weighted by atomic mass is 10.1. The van der Waals surface area contributed by atoms with Gasteiger partial charge in [0.05, 0.1) is 31.2 Å². The number of methoxy groups -OCH3 is 2. The lowest BCUT2D eigenvalue weighted by Crippen LogP contribution is -2.27. The SMILES string of the molecule is COC(=O)c1ccc(Nc2nccc(Oc3ccc(NC(=O)OC(C)(C)C)c4ccccc34)n2)c(OC)c1. The highest BCUT2D eigenvalue weighted by molar-refractivity contribution is 6.02. The molecule has 38 heavy (non-hydrogen) atoms. The number of anilines is 3. The van der Waals surface area contributed by atoms with E-state index in [1.807, 2.05) is 24.3 Å². The second-order valence-electron chi connectivity index (χ2n) is 9.14. The van der Waals surface area contributed by atoms with Gasteiger partial charge in [-0.25, -0.2) is 14.6 Å². The molecule has 0 spiro atoms. The summed E-state index contributed by atoms with van der Waals surface area (Å²) in [7, 11) is 2.81. The molecule has 0 fully saturated rings. The molecule has 4 rings (SSSR count). The summed E-state index contributed by atoms with van der Waals surface area (Å²) in [4.78, 5) is 32.9. The maximum Gasteiger partial charge on any atom is 0.412 e. The number of nitrogens with one attached hydrogen (secondary N) is 2. The number of carbonyl (C=O) groups excluding carboxylic acids is 2. The molecule has 10 heteroatoms. The Morgan fingerprint density at radius 1 is 0.868 bits per heavy atom. The average molecular weight is 517 g/mol. The molecular weight excluding hydrogens is 488 g/mol. The number of aromatic nitrogens is 2. The van der Waals surface area contributed by atoms with E-state index in [1.165, 1.54) is 14.2 Å². The molecule has 0 saturated carbocycles. The monoisotopic (exact) mass is 516 g/mol. The number of benzene rings is 3. The lowest BCUT2D eigenvalue weighted by molar-refractivity contribution is 0.0597. The molecule has 0 radical (unpaired) electrons. The first kappa shape index (κ1) is 26.2. The van der Waals surface area contributed by atoms with E-state index in [9.17, 15) is 9.59 Å². The molecule has 3 aromatic carbocycles. The Bertz CT molecular complexity index is 1480. The molecule has 196 valence electrons. The van der Waals surface area contributed by atoms with Gasteiger partial charge in [-0.1, -0.05) is 24.3 Å². The average Bonchev–Trinajstić information content (AvgIpc) is 2.89. The van der Waals surface area contributed by atoms with Crippen LogP contribution in [0.25, 0.3) is 10.8 Å². The van der Waals surface area contributed by atoms with Gasteiger partial charge in [0.25, 0.3) is 0 Å². The van der Waals surface area contributed by atoms with E-state index in [-0.39, 0.29) is 5.95 Å². The van der Waals surface area contributed by atoms with Crippen LogP contribution in [0.5, 0.6) is 17.4 Å². The number of ether oxygens (including phenoxy) is 4. The first-order valence-corrected chi connectivity index (χ1v) is 11.7. The molecule has 2 N–H and O–H groups in total. The van der Waals surface area contributed by atoms with Crippen molar-refractivity contribution in [2.75, 3.05) is 24.9 Å². The summed E-state index contributed by atoms with van der Waals surface area (Å²) >= 11 is 0. The molecule has 0 bridgehead atoms. The van der Waals surface area contributed by atoms with Gasteiger partial charge >= 0.3 is 12.1 Å². The molecule has 0 unspecified atom stereocenters. The Morgan fingerprint density at radius 2 is 1.61 bits per heavy atom. The predicted octanol–water partition coefficient (Wildman–Crippen LogP) is 6.31. The highest BCUT2D eigenvalue weighted by Gasteiger charge is 2.18. The van der Waals surface area contributed by atoms with E-state index >= 15 is 0 Å². The molecule has 10 nitrogen and oxygen atoms in total. The van der Waals surface area contributed by atoms with Crippen LogP contribution in [0.15, 0.2) is 66.9 Å². The van der Waals surface area contributed by atoms with E-state index in [4.69, 9.17) is 18.9 Å². The Hall–Kier alpha value is -4.86. The van der Waals surface area contributed by atoms with Crippen molar-refractivity contribution in [1.29, 1.82) is 0 Å². The van der Waals surface area contributed by atoms with Crippen LogP contribution in [-0.2, 0) is 9.47 Å². The van der Waals surface area contributed by atoms with Crippen molar-refractivity contribution in [1.82, 2.24) is 9.97 Å². The third-order valence-corrected chi connectivity index (χ3v) is 5.23.